The number of aromatic nitrogens is 2. The van der Waals surface area contributed by atoms with Gasteiger partial charge in [0.2, 0.25) is 11.8 Å². The minimum absolute atomic E-state index is 0.0522. The summed E-state index contributed by atoms with van der Waals surface area (Å²) in [5.41, 5.74) is 0.725. The van der Waals surface area contributed by atoms with E-state index < -0.39 is 29.1 Å². The van der Waals surface area contributed by atoms with Gasteiger partial charge in [0.25, 0.3) is 5.91 Å². The second-order valence-corrected chi connectivity index (χ2v) is 9.85. The van der Waals surface area contributed by atoms with Crippen molar-refractivity contribution in [2.45, 2.75) is 45.5 Å². The first kappa shape index (κ1) is 27.7. The molecule has 0 unspecified atom stereocenters. The Bertz CT molecular complexity index is 1390. The lowest BCUT2D eigenvalue weighted by Crippen LogP contribution is -2.39. The minimum Gasteiger partial charge on any atom is -0.444 e. The molecule has 1 aliphatic heterocycles. The molecule has 0 saturated heterocycles. The van der Waals surface area contributed by atoms with Gasteiger partial charge in [-0.3, -0.25) is 4.79 Å². The maximum atomic E-state index is 13.7. The van der Waals surface area contributed by atoms with E-state index in [-0.39, 0.29) is 23.4 Å². The zero-order valence-corrected chi connectivity index (χ0v) is 21.8. The van der Waals surface area contributed by atoms with Gasteiger partial charge in [-0.2, -0.15) is 18.2 Å². The van der Waals surface area contributed by atoms with Crippen LogP contribution in [0, 0.1) is 0 Å². The first-order valence-corrected chi connectivity index (χ1v) is 12.1. The smallest absolute Gasteiger partial charge is 0.423 e. The molecule has 39 heavy (non-hydrogen) atoms. The van der Waals surface area contributed by atoms with Crippen LogP contribution in [0.4, 0.5) is 29.6 Å². The molecule has 0 atom stereocenters. The van der Waals surface area contributed by atoms with Gasteiger partial charge >= 0.3 is 12.3 Å². The van der Waals surface area contributed by atoms with Gasteiger partial charge in [-0.05, 0) is 62.6 Å². The number of carbonyl (C=O) groups is 2. The average Bonchev–Trinajstić information content (AvgIpc) is 2.86. The Morgan fingerprint density at radius 3 is 2.49 bits per heavy atom. The van der Waals surface area contributed by atoms with E-state index in [9.17, 15) is 22.8 Å². The molecule has 1 aliphatic rings. The number of nitrogens with zero attached hydrogens (tertiary/aromatic N) is 3. The Kier molecular flexibility index (Phi) is 7.66. The van der Waals surface area contributed by atoms with Gasteiger partial charge in [-0.1, -0.05) is 18.2 Å². The molecule has 1 aromatic heterocycles. The third kappa shape index (κ3) is 6.75. The number of rotatable bonds is 5. The van der Waals surface area contributed by atoms with E-state index in [1.165, 1.54) is 25.2 Å². The van der Waals surface area contributed by atoms with E-state index in [1.807, 2.05) is 12.1 Å². The summed E-state index contributed by atoms with van der Waals surface area (Å²) in [6, 6.07) is 11.3. The van der Waals surface area contributed by atoms with Crippen LogP contribution in [0.1, 0.15) is 47.8 Å². The molecule has 12 heteroatoms. The summed E-state index contributed by atoms with van der Waals surface area (Å²) in [4.78, 5) is 34.0. The molecule has 0 saturated carbocycles. The van der Waals surface area contributed by atoms with Crippen LogP contribution in [0.15, 0.2) is 48.7 Å². The number of hydrogen-bond donors (Lipinski definition) is 2. The molecule has 2 amide bonds. The van der Waals surface area contributed by atoms with E-state index in [0.717, 1.165) is 11.1 Å². The number of carbonyl (C=O) groups excluding carboxylic acids is 2. The second-order valence-electron chi connectivity index (χ2n) is 9.85. The van der Waals surface area contributed by atoms with Gasteiger partial charge < -0.3 is 25.0 Å². The van der Waals surface area contributed by atoms with E-state index in [1.54, 1.807) is 37.8 Å². The predicted molar refractivity (Wildman–Crippen MR) is 137 cm³/mol. The standard InChI is InChI=1S/C27H28F3N5O4/c1-26(2,3)39-25(37)35-12-11-16-13-18(10-9-17(16)15-35)33-24-32-14-20(27(28,29)30)23(34-24)38-21-8-6-5-7-19(21)22(36)31-4/h5-10,13-14H,11-12,15H2,1-4H3,(H,31,36)(H,32,33,34). The largest absolute Gasteiger partial charge is 0.444 e. The maximum Gasteiger partial charge on any atom is 0.423 e. The van der Waals surface area contributed by atoms with Crippen molar-refractivity contribution >= 4 is 23.6 Å². The Morgan fingerprint density at radius 1 is 1.05 bits per heavy atom. The quantitative estimate of drug-likeness (QED) is 0.426. The van der Waals surface area contributed by atoms with Crippen LogP contribution in [0.5, 0.6) is 11.6 Å². The molecular weight excluding hydrogens is 515 g/mol. The molecule has 206 valence electrons. The number of alkyl halides is 3. The molecule has 9 nitrogen and oxygen atoms in total. The zero-order chi connectivity index (χ0) is 28.4. The Hall–Kier alpha value is -4.35. The predicted octanol–water partition coefficient (Wildman–Crippen LogP) is 5.68. The SMILES string of the molecule is CNC(=O)c1ccccc1Oc1nc(Nc2ccc3c(c2)CCN(C(=O)OC(C)(C)C)C3)ncc1C(F)(F)F. The fraction of sp³-hybridized carbons (Fsp3) is 0.333. The number of halogens is 3. The molecule has 0 fully saturated rings. The highest BCUT2D eigenvalue weighted by molar-refractivity contribution is 5.96. The molecular formula is C27H28F3N5O4. The van der Waals surface area contributed by atoms with E-state index in [4.69, 9.17) is 9.47 Å². The lowest BCUT2D eigenvalue weighted by atomic mass is 9.99. The fourth-order valence-electron chi connectivity index (χ4n) is 3.92. The zero-order valence-electron chi connectivity index (χ0n) is 21.8. The normalized spacial score (nSPS) is 13.4. The highest BCUT2D eigenvalue weighted by Crippen LogP contribution is 2.38. The number of para-hydroxylation sites is 1. The van der Waals surface area contributed by atoms with Gasteiger partial charge in [0.1, 0.15) is 16.9 Å². The number of nitrogens with one attached hydrogen (secondary N) is 2. The van der Waals surface area contributed by atoms with Gasteiger partial charge in [0.15, 0.2) is 0 Å². The highest BCUT2D eigenvalue weighted by atomic mass is 19.4. The van der Waals surface area contributed by atoms with Crippen LogP contribution in [0.2, 0.25) is 0 Å². The van der Waals surface area contributed by atoms with Crippen LogP contribution in [0.25, 0.3) is 0 Å². The third-order valence-electron chi connectivity index (χ3n) is 5.75. The summed E-state index contributed by atoms with van der Waals surface area (Å²) in [6.45, 7) is 6.26. The van der Waals surface area contributed by atoms with Crippen molar-refractivity contribution in [1.82, 2.24) is 20.2 Å². The molecule has 2 N–H and O–H groups in total. The van der Waals surface area contributed by atoms with Crippen molar-refractivity contribution in [3.63, 3.8) is 0 Å². The lowest BCUT2D eigenvalue weighted by molar-refractivity contribution is -0.139. The van der Waals surface area contributed by atoms with Gasteiger partial charge in [0.05, 0.1) is 5.56 Å². The summed E-state index contributed by atoms with van der Waals surface area (Å²) in [5.74, 6) is -1.48. The molecule has 2 heterocycles. The van der Waals surface area contributed by atoms with Crippen molar-refractivity contribution in [2.75, 3.05) is 18.9 Å². The summed E-state index contributed by atoms with van der Waals surface area (Å²) in [6.07, 6.45) is -3.98. The molecule has 0 spiro atoms. The van der Waals surface area contributed by atoms with Crippen LogP contribution >= 0.6 is 0 Å². The number of benzene rings is 2. The van der Waals surface area contributed by atoms with Crippen LogP contribution in [-0.2, 0) is 23.9 Å². The molecule has 4 rings (SSSR count). The Morgan fingerprint density at radius 2 is 1.79 bits per heavy atom. The fourth-order valence-corrected chi connectivity index (χ4v) is 3.92. The molecule has 0 aliphatic carbocycles. The molecule has 0 bridgehead atoms. The van der Waals surface area contributed by atoms with Gasteiger partial charge in [-0.15, -0.1) is 0 Å². The number of hydrogen-bond acceptors (Lipinski definition) is 7. The second kappa shape index (κ2) is 10.8. The topological polar surface area (TPSA) is 106 Å². The molecule has 3 aromatic rings. The summed E-state index contributed by atoms with van der Waals surface area (Å²) >= 11 is 0. The van der Waals surface area contributed by atoms with Gasteiger partial charge in [0, 0.05) is 32.0 Å². The van der Waals surface area contributed by atoms with Crippen molar-refractivity contribution < 1.29 is 32.2 Å². The van der Waals surface area contributed by atoms with Crippen molar-refractivity contribution in [2.24, 2.45) is 0 Å². The van der Waals surface area contributed by atoms with E-state index in [2.05, 4.69) is 20.6 Å². The summed E-state index contributed by atoms with van der Waals surface area (Å²) in [7, 11) is 1.40. The molecule has 2 aromatic carbocycles. The number of fused-ring (bicyclic) bond motifs is 1. The van der Waals surface area contributed by atoms with Gasteiger partial charge in [-0.25, -0.2) is 9.78 Å². The van der Waals surface area contributed by atoms with Crippen LogP contribution < -0.4 is 15.4 Å². The molecule has 0 radical (unpaired) electrons. The monoisotopic (exact) mass is 543 g/mol. The first-order valence-electron chi connectivity index (χ1n) is 12.1. The van der Waals surface area contributed by atoms with Crippen LogP contribution in [0.3, 0.4) is 0 Å². The van der Waals surface area contributed by atoms with Crippen molar-refractivity contribution in [1.29, 1.82) is 0 Å². The highest BCUT2D eigenvalue weighted by Gasteiger charge is 2.37. The summed E-state index contributed by atoms with van der Waals surface area (Å²) < 4.78 is 52.1. The number of anilines is 2. The number of ether oxygens (including phenoxy) is 2. The van der Waals surface area contributed by atoms with Crippen molar-refractivity contribution in [3.8, 4) is 11.6 Å². The minimum atomic E-state index is -4.79. The Labute approximate surface area is 223 Å². The average molecular weight is 544 g/mol. The maximum absolute atomic E-state index is 13.7. The summed E-state index contributed by atoms with van der Waals surface area (Å²) in [5, 5.41) is 5.34. The van der Waals surface area contributed by atoms with Crippen molar-refractivity contribution in [3.05, 3.63) is 70.9 Å². The number of amides is 2. The lowest BCUT2D eigenvalue weighted by Gasteiger charge is -2.31. The first-order chi connectivity index (χ1) is 18.3. The third-order valence-corrected chi connectivity index (χ3v) is 5.75. The van der Waals surface area contributed by atoms with E-state index >= 15 is 0 Å². The Balaban J connectivity index is 1.57. The van der Waals surface area contributed by atoms with Crippen LogP contribution in [-0.4, -0.2) is 46.1 Å². The van der Waals surface area contributed by atoms with E-state index in [0.29, 0.717) is 31.4 Å².